The molecule has 0 radical (unpaired) electrons. The number of ether oxygens (including phenoxy) is 1. The third-order valence-electron chi connectivity index (χ3n) is 4.58. The van der Waals surface area contributed by atoms with Gasteiger partial charge in [0.15, 0.2) is 0 Å². The molecular formula is C20H24N2O3. The van der Waals surface area contributed by atoms with E-state index in [1.165, 1.54) is 16.2 Å². The zero-order valence-electron chi connectivity index (χ0n) is 14.6. The highest BCUT2D eigenvalue weighted by Crippen LogP contribution is 2.19. The minimum absolute atomic E-state index is 0.00617. The summed E-state index contributed by atoms with van der Waals surface area (Å²) in [5.74, 6) is 1.18. The van der Waals surface area contributed by atoms with Crippen LogP contribution in [0.1, 0.15) is 18.4 Å². The Morgan fingerprint density at radius 2 is 2.00 bits per heavy atom. The summed E-state index contributed by atoms with van der Waals surface area (Å²) in [4.78, 5) is 26.1. The summed E-state index contributed by atoms with van der Waals surface area (Å²) < 4.78 is 7.33. The number of aromatic nitrogens is 1. The minimum atomic E-state index is -0.146. The molecule has 1 saturated heterocycles. The van der Waals surface area contributed by atoms with Crippen molar-refractivity contribution in [2.24, 2.45) is 5.92 Å². The van der Waals surface area contributed by atoms with E-state index in [4.69, 9.17) is 4.74 Å². The average molecular weight is 340 g/mol. The minimum Gasteiger partial charge on any atom is -0.493 e. The predicted octanol–water partition coefficient (Wildman–Crippen LogP) is 2.47. The first-order valence-corrected chi connectivity index (χ1v) is 8.74. The Morgan fingerprint density at radius 1 is 1.20 bits per heavy atom. The van der Waals surface area contributed by atoms with Crippen LogP contribution in [-0.4, -0.2) is 35.1 Å². The van der Waals surface area contributed by atoms with Crippen LogP contribution in [0.15, 0.2) is 53.5 Å². The molecule has 1 aromatic heterocycles. The van der Waals surface area contributed by atoms with Gasteiger partial charge in [0, 0.05) is 31.3 Å². The molecular weight excluding hydrogens is 316 g/mol. The number of benzene rings is 1. The van der Waals surface area contributed by atoms with Crippen molar-refractivity contribution in [3.63, 3.8) is 0 Å². The first-order valence-electron chi connectivity index (χ1n) is 8.74. The van der Waals surface area contributed by atoms with E-state index in [1.807, 2.05) is 36.1 Å². The van der Waals surface area contributed by atoms with Crippen LogP contribution in [0.2, 0.25) is 0 Å². The van der Waals surface area contributed by atoms with Gasteiger partial charge in [-0.25, -0.2) is 0 Å². The van der Waals surface area contributed by atoms with Gasteiger partial charge in [-0.15, -0.1) is 0 Å². The van der Waals surface area contributed by atoms with Crippen molar-refractivity contribution < 1.29 is 9.53 Å². The number of pyridine rings is 1. The quantitative estimate of drug-likeness (QED) is 0.840. The number of hydrogen-bond donors (Lipinski definition) is 0. The molecule has 2 heterocycles. The Balaban J connectivity index is 1.53. The monoisotopic (exact) mass is 340 g/mol. The lowest BCUT2D eigenvalue weighted by molar-refractivity contribution is -0.133. The number of nitrogens with zero attached hydrogens (tertiary/aromatic N) is 2. The van der Waals surface area contributed by atoms with E-state index in [2.05, 4.69) is 0 Å². The zero-order valence-corrected chi connectivity index (χ0v) is 14.6. The molecule has 1 aliphatic heterocycles. The molecule has 1 fully saturated rings. The van der Waals surface area contributed by atoms with E-state index in [0.717, 1.165) is 25.1 Å². The van der Waals surface area contributed by atoms with Gasteiger partial charge in [0.1, 0.15) is 12.3 Å². The van der Waals surface area contributed by atoms with Gasteiger partial charge in [-0.2, -0.15) is 0 Å². The van der Waals surface area contributed by atoms with Crippen molar-refractivity contribution in [1.82, 2.24) is 9.47 Å². The maximum absolute atomic E-state index is 12.5. The summed E-state index contributed by atoms with van der Waals surface area (Å²) in [6.07, 6.45) is 3.68. The van der Waals surface area contributed by atoms with Gasteiger partial charge in [-0.05, 0) is 38.0 Å². The standard InChI is InChI=1S/C20H24N2O3/c1-16-7-9-18(10-8-16)25-15-17-5-4-12-21(13-17)20(24)14-22-11-3-2-6-19(22)23/h2-3,6-11,17H,4-5,12-15H2,1H3/t17-/m0/s1. The molecule has 1 aliphatic rings. The molecule has 0 bridgehead atoms. The average Bonchev–Trinajstić information content (AvgIpc) is 2.63. The first-order chi connectivity index (χ1) is 12.1. The maximum atomic E-state index is 12.5. The molecule has 2 aromatic rings. The van der Waals surface area contributed by atoms with E-state index in [-0.39, 0.29) is 18.0 Å². The number of aryl methyl sites for hydroxylation is 1. The highest BCUT2D eigenvalue weighted by atomic mass is 16.5. The number of amides is 1. The van der Waals surface area contributed by atoms with Gasteiger partial charge >= 0.3 is 0 Å². The molecule has 0 saturated carbocycles. The van der Waals surface area contributed by atoms with Crippen molar-refractivity contribution in [3.8, 4) is 5.75 Å². The van der Waals surface area contributed by atoms with E-state index >= 15 is 0 Å². The summed E-state index contributed by atoms with van der Waals surface area (Å²) >= 11 is 0. The second-order valence-corrected chi connectivity index (χ2v) is 6.64. The summed E-state index contributed by atoms with van der Waals surface area (Å²) in [5, 5.41) is 0. The Labute approximate surface area is 147 Å². The van der Waals surface area contributed by atoms with Crippen molar-refractivity contribution in [2.45, 2.75) is 26.3 Å². The van der Waals surface area contributed by atoms with Gasteiger partial charge in [-0.1, -0.05) is 23.8 Å². The highest BCUT2D eigenvalue weighted by molar-refractivity contribution is 5.76. The molecule has 132 valence electrons. The number of likely N-dealkylation sites (tertiary alicyclic amines) is 1. The van der Waals surface area contributed by atoms with Crippen LogP contribution >= 0.6 is 0 Å². The van der Waals surface area contributed by atoms with Crippen LogP contribution in [0.25, 0.3) is 0 Å². The lowest BCUT2D eigenvalue weighted by atomic mass is 9.99. The second-order valence-electron chi connectivity index (χ2n) is 6.64. The van der Waals surface area contributed by atoms with E-state index in [0.29, 0.717) is 19.1 Å². The Kier molecular flexibility index (Phi) is 5.53. The zero-order chi connectivity index (χ0) is 17.6. The molecule has 0 N–H and O–H groups in total. The SMILES string of the molecule is Cc1ccc(OC[C@H]2CCCN(C(=O)Cn3ccccc3=O)C2)cc1. The number of rotatable bonds is 5. The van der Waals surface area contributed by atoms with E-state index in [1.54, 1.807) is 18.3 Å². The fourth-order valence-electron chi connectivity index (χ4n) is 3.11. The van der Waals surface area contributed by atoms with Crippen LogP contribution < -0.4 is 10.3 Å². The van der Waals surface area contributed by atoms with Crippen LogP contribution in [-0.2, 0) is 11.3 Å². The smallest absolute Gasteiger partial charge is 0.250 e. The molecule has 25 heavy (non-hydrogen) atoms. The molecule has 0 spiro atoms. The second kappa shape index (κ2) is 8.01. The summed E-state index contributed by atoms with van der Waals surface area (Å²) in [6, 6.07) is 12.9. The molecule has 0 aliphatic carbocycles. The van der Waals surface area contributed by atoms with Crippen LogP contribution in [0.4, 0.5) is 0 Å². The van der Waals surface area contributed by atoms with Crippen molar-refractivity contribution in [1.29, 1.82) is 0 Å². The molecule has 1 amide bonds. The van der Waals surface area contributed by atoms with E-state index < -0.39 is 0 Å². The van der Waals surface area contributed by atoms with Crippen LogP contribution in [0.3, 0.4) is 0 Å². The van der Waals surface area contributed by atoms with Crippen molar-refractivity contribution in [3.05, 3.63) is 64.6 Å². The number of carbonyl (C=O) groups excluding carboxylic acids is 1. The Bertz CT molecular complexity index is 767. The fourth-order valence-corrected chi connectivity index (χ4v) is 3.11. The maximum Gasteiger partial charge on any atom is 0.250 e. The normalized spacial score (nSPS) is 17.3. The molecule has 0 unspecified atom stereocenters. The van der Waals surface area contributed by atoms with Gasteiger partial charge in [0.25, 0.3) is 5.56 Å². The predicted molar refractivity (Wildman–Crippen MR) is 96.7 cm³/mol. The molecule has 1 atom stereocenters. The van der Waals surface area contributed by atoms with Crippen LogP contribution in [0.5, 0.6) is 5.75 Å². The number of hydrogen-bond acceptors (Lipinski definition) is 3. The third-order valence-corrected chi connectivity index (χ3v) is 4.58. The first kappa shape index (κ1) is 17.3. The molecule has 3 rings (SSSR count). The van der Waals surface area contributed by atoms with Crippen LogP contribution in [0, 0.1) is 12.8 Å². The third kappa shape index (κ3) is 4.72. The lowest BCUT2D eigenvalue weighted by Gasteiger charge is -2.32. The van der Waals surface area contributed by atoms with Gasteiger partial charge in [0.05, 0.1) is 6.61 Å². The largest absolute Gasteiger partial charge is 0.493 e. The van der Waals surface area contributed by atoms with E-state index in [9.17, 15) is 9.59 Å². The van der Waals surface area contributed by atoms with Gasteiger partial charge < -0.3 is 14.2 Å². The summed E-state index contributed by atoms with van der Waals surface area (Å²) in [5.41, 5.74) is 1.06. The fraction of sp³-hybridized carbons (Fsp3) is 0.400. The molecule has 5 nitrogen and oxygen atoms in total. The van der Waals surface area contributed by atoms with Gasteiger partial charge in [0.2, 0.25) is 5.91 Å². The number of carbonyl (C=O) groups is 1. The molecule has 5 heteroatoms. The van der Waals surface area contributed by atoms with Gasteiger partial charge in [-0.3, -0.25) is 9.59 Å². The topological polar surface area (TPSA) is 51.5 Å². The molecule has 1 aromatic carbocycles. The Hall–Kier alpha value is -2.56. The lowest BCUT2D eigenvalue weighted by Crippen LogP contribution is -2.43. The van der Waals surface area contributed by atoms with Crippen molar-refractivity contribution >= 4 is 5.91 Å². The van der Waals surface area contributed by atoms with Crippen molar-refractivity contribution in [2.75, 3.05) is 19.7 Å². The highest BCUT2D eigenvalue weighted by Gasteiger charge is 2.24. The Morgan fingerprint density at radius 3 is 2.76 bits per heavy atom. The number of piperidine rings is 1. The summed E-state index contributed by atoms with van der Waals surface area (Å²) in [6.45, 7) is 4.20. The summed E-state index contributed by atoms with van der Waals surface area (Å²) in [7, 11) is 0.